The fourth-order valence-corrected chi connectivity index (χ4v) is 2.54. The normalized spacial score (nSPS) is 10.6. The molecule has 6 heteroatoms. The Morgan fingerprint density at radius 3 is 3.00 bits per heavy atom. The maximum Gasteiger partial charge on any atom is 0.249 e. The van der Waals surface area contributed by atoms with Crippen molar-refractivity contribution in [3.63, 3.8) is 0 Å². The number of hydrogen-bond acceptors (Lipinski definition) is 4. The van der Waals surface area contributed by atoms with Crippen LogP contribution < -0.4 is 11.1 Å². The van der Waals surface area contributed by atoms with Gasteiger partial charge in [0.15, 0.2) is 0 Å². The van der Waals surface area contributed by atoms with E-state index in [1.165, 1.54) is 11.3 Å². The van der Waals surface area contributed by atoms with Crippen LogP contribution in [0.1, 0.15) is 27.9 Å². The zero-order valence-corrected chi connectivity index (χ0v) is 11.3. The molecule has 1 amide bonds. The molecule has 0 atom stereocenters. The van der Waals surface area contributed by atoms with Crippen LogP contribution in [0.3, 0.4) is 0 Å². The number of rotatable bonds is 5. The third-order valence-corrected chi connectivity index (χ3v) is 3.57. The first-order valence-corrected chi connectivity index (χ1v) is 6.61. The van der Waals surface area contributed by atoms with E-state index in [2.05, 4.69) is 17.3 Å². The summed E-state index contributed by atoms with van der Waals surface area (Å²) in [5, 5.41) is 9.47. The van der Waals surface area contributed by atoms with Crippen molar-refractivity contribution in [3.8, 4) is 0 Å². The number of nitrogens with two attached hydrogens (primary N) is 1. The second-order valence-electron chi connectivity index (χ2n) is 4.04. The number of carbonyl (C=O) groups is 1. The van der Waals surface area contributed by atoms with Crippen molar-refractivity contribution >= 4 is 22.9 Å². The van der Waals surface area contributed by atoms with Gasteiger partial charge in [-0.2, -0.15) is 5.10 Å². The summed E-state index contributed by atoms with van der Waals surface area (Å²) in [7, 11) is 1.90. The molecule has 2 aromatic rings. The molecule has 0 fully saturated rings. The fourth-order valence-electron chi connectivity index (χ4n) is 1.73. The Morgan fingerprint density at radius 1 is 1.61 bits per heavy atom. The summed E-state index contributed by atoms with van der Waals surface area (Å²) in [4.78, 5) is 12.1. The standard InChI is InChI=1S/C12H16N4OS/c1-3-10-11(6-16(2)15-10)14-5-9-4-8(7-18-9)12(13)17/h4,6-7,14H,3,5H2,1-2H3,(H2,13,17). The number of nitrogens with zero attached hydrogens (tertiary/aromatic N) is 2. The minimum atomic E-state index is -0.381. The average Bonchev–Trinajstić information content (AvgIpc) is 2.92. The Hall–Kier alpha value is -1.82. The van der Waals surface area contributed by atoms with Crippen molar-refractivity contribution in [3.05, 3.63) is 33.8 Å². The summed E-state index contributed by atoms with van der Waals surface area (Å²) < 4.78 is 1.80. The van der Waals surface area contributed by atoms with E-state index in [4.69, 9.17) is 5.73 Å². The van der Waals surface area contributed by atoms with Gasteiger partial charge in [-0.15, -0.1) is 11.3 Å². The Labute approximate surface area is 110 Å². The number of nitrogens with one attached hydrogen (secondary N) is 1. The molecule has 0 aliphatic heterocycles. The summed E-state index contributed by atoms with van der Waals surface area (Å²) in [5.41, 5.74) is 7.87. The molecule has 0 spiro atoms. The number of primary amides is 1. The molecule has 0 aliphatic carbocycles. The highest BCUT2D eigenvalue weighted by atomic mass is 32.1. The van der Waals surface area contributed by atoms with E-state index in [-0.39, 0.29) is 5.91 Å². The van der Waals surface area contributed by atoms with E-state index in [1.54, 1.807) is 10.1 Å². The van der Waals surface area contributed by atoms with Crippen molar-refractivity contribution in [2.75, 3.05) is 5.32 Å². The molecule has 0 saturated carbocycles. The summed E-state index contributed by atoms with van der Waals surface area (Å²) in [6.07, 6.45) is 2.85. The lowest BCUT2D eigenvalue weighted by Gasteiger charge is -2.02. The predicted octanol–water partition coefficient (Wildman–Crippen LogP) is 1.75. The topological polar surface area (TPSA) is 72.9 Å². The molecule has 3 N–H and O–H groups in total. The van der Waals surface area contributed by atoms with E-state index < -0.39 is 0 Å². The summed E-state index contributed by atoms with van der Waals surface area (Å²) in [6.45, 7) is 2.75. The first kappa shape index (κ1) is 12.6. The van der Waals surface area contributed by atoms with Crippen molar-refractivity contribution < 1.29 is 4.79 Å². The molecule has 0 aliphatic rings. The Morgan fingerprint density at radius 2 is 2.39 bits per heavy atom. The average molecular weight is 264 g/mol. The van der Waals surface area contributed by atoms with E-state index in [0.29, 0.717) is 12.1 Å². The van der Waals surface area contributed by atoms with Crippen molar-refractivity contribution in [2.24, 2.45) is 12.8 Å². The van der Waals surface area contributed by atoms with Gasteiger partial charge in [0.05, 0.1) is 16.9 Å². The van der Waals surface area contributed by atoms with Crippen LogP contribution >= 0.6 is 11.3 Å². The number of carbonyl (C=O) groups excluding carboxylic acids is 1. The molecule has 2 rings (SSSR count). The lowest BCUT2D eigenvalue weighted by molar-refractivity contribution is 0.100. The van der Waals surface area contributed by atoms with Crippen molar-refractivity contribution in [1.82, 2.24) is 9.78 Å². The Bertz CT molecular complexity index is 558. The molecular weight excluding hydrogens is 248 g/mol. The van der Waals surface area contributed by atoms with Crippen LogP contribution in [0.15, 0.2) is 17.6 Å². The molecule has 0 radical (unpaired) electrons. The summed E-state index contributed by atoms with van der Waals surface area (Å²) in [5.74, 6) is -0.381. The third kappa shape index (κ3) is 2.70. The maximum absolute atomic E-state index is 11.0. The first-order chi connectivity index (χ1) is 8.60. The number of thiophene rings is 1. The number of hydrogen-bond donors (Lipinski definition) is 2. The minimum absolute atomic E-state index is 0.381. The van der Waals surface area contributed by atoms with E-state index in [9.17, 15) is 4.79 Å². The van der Waals surface area contributed by atoms with Crippen molar-refractivity contribution in [1.29, 1.82) is 0 Å². The fraction of sp³-hybridized carbons (Fsp3) is 0.333. The van der Waals surface area contributed by atoms with Gasteiger partial charge in [-0.1, -0.05) is 6.92 Å². The van der Waals surface area contributed by atoms with Crippen LogP contribution in [0.5, 0.6) is 0 Å². The second kappa shape index (κ2) is 5.22. The van der Waals surface area contributed by atoms with Gasteiger partial charge in [0.1, 0.15) is 0 Å². The first-order valence-electron chi connectivity index (χ1n) is 5.73. The highest BCUT2D eigenvalue weighted by Crippen LogP contribution is 2.18. The monoisotopic (exact) mass is 264 g/mol. The van der Waals surface area contributed by atoms with Gasteiger partial charge < -0.3 is 11.1 Å². The molecule has 0 bridgehead atoms. The second-order valence-corrected chi connectivity index (χ2v) is 5.03. The van der Waals surface area contributed by atoms with E-state index in [0.717, 1.165) is 22.7 Å². The number of anilines is 1. The zero-order valence-electron chi connectivity index (χ0n) is 10.4. The van der Waals surface area contributed by atoms with Crippen LogP contribution in [0, 0.1) is 0 Å². The summed E-state index contributed by atoms with van der Waals surface area (Å²) in [6, 6.07) is 1.82. The predicted molar refractivity (Wildman–Crippen MR) is 72.7 cm³/mol. The minimum Gasteiger partial charge on any atom is -0.377 e. The molecule has 5 nitrogen and oxygen atoms in total. The largest absolute Gasteiger partial charge is 0.377 e. The lowest BCUT2D eigenvalue weighted by atomic mass is 10.3. The highest BCUT2D eigenvalue weighted by Gasteiger charge is 2.07. The molecule has 18 heavy (non-hydrogen) atoms. The number of aromatic nitrogens is 2. The smallest absolute Gasteiger partial charge is 0.249 e. The van der Waals surface area contributed by atoms with Gasteiger partial charge in [0, 0.05) is 30.0 Å². The van der Waals surface area contributed by atoms with Gasteiger partial charge in [0.2, 0.25) is 5.91 Å². The van der Waals surface area contributed by atoms with Gasteiger partial charge in [-0.25, -0.2) is 0 Å². The molecular formula is C12H16N4OS. The number of amides is 1. The van der Waals surface area contributed by atoms with Gasteiger partial charge in [-0.3, -0.25) is 9.48 Å². The van der Waals surface area contributed by atoms with Crippen LogP contribution in [0.2, 0.25) is 0 Å². The van der Waals surface area contributed by atoms with E-state index in [1.807, 2.05) is 19.3 Å². The number of aryl methyl sites for hydroxylation is 2. The molecule has 2 heterocycles. The van der Waals surface area contributed by atoms with Crippen LogP contribution in [-0.2, 0) is 20.0 Å². The van der Waals surface area contributed by atoms with Crippen LogP contribution in [0.4, 0.5) is 5.69 Å². The van der Waals surface area contributed by atoms with E-state index >= 15 is 0 Å². The maximum atomic E-state index is 11.0. The summed E-state index contributed by atoms with van der Waals surface area (Å²) >= 11 is 1.53. The zero-order chi connectivity index (χ0) is 13.1. The van der Waals surface area contributed by atoms with Crippen molar-refractivity contribution in [2.45, 2.75) is 19.9 Å². The molecule has 0 unspecified atom stereocenters. The quantitative estimate of drug-likeness (QED) is 0.864. The van der Waals surface area contributed by atoms with Gasteiger partial charge in [-0.05, 0) is 12.5 Å². The SMILES string of the molecule is CCc1nn(C)cc1NCc1cc(C(N)=O)cs1. The highest BCUT2D eigenvalue weighted by molar-refractivity contribution is 7.10. The van der Waals surface area contributed by atoms with Gasteiger partial charge in [0.25, 0.3) is 0 Å². The molecule has 96 valence electrons. The Kier molecular flexibility index (Phi) is 3.66. The van der Waals surface area contributed by atoms with Crippen LogP contribution in [-0.4, -0.2) is 15.7 Å². The molecule has 0 saturated heterocycles. The van der Waals surface area contributed by atoms with Crippen LogP contribution in [0.25, 0.3) is 0 Å². The molecule has 2 aromatic heterocycles. The third-order valence-electron chi connectivity index (χ3n) is 2.63. The lowest BCUT2D eigenvalue weighted by Crippen LogP contribution is -2.09. The van der Waals surface area contributed by atoms with Gasteiger partial charge >= 0.3 is 0 Å². The molecule has 0 aromatic carbocycles. The Balaban J connectivity index is 2.04.